The second kappa shape index (κ2) is 12.4. The van der Waals surface area contributed by atoms with Gasteiger partial charge in [-0.3, -0.25) is 9.59 Å². The highest BCUT2D eigenvalue weighted by atomic mass is 35.5. The van der Waals surface area contributed by atoms with E-state index in [0.29, 0.717) is 37.5 Å². The summed E-state index contributed by atoms with van der Waals surface area (Å²) in [5.74, 6) is -0.658. The van der Waals surface area contributed by atoms with Gasteiger partial charge in [0.1, 0.15) is 11.8 Å². The Balaban J connectivity index is 1.97. The third-order valence-corrected chi connectivity index (χ3v) is 6.07. The number of aryl methyl sites for hydroxylation is 1. The van der Waals surface area contributed by atoms with Gasteiger partial charge < -0.3 is 35.7 Å². The van der Waals surface area contributed by atoms with Gasteiger partial charge >= 0.3 is 6.03 Å². The SMILES string of the molecule is CNC(=O)NC(C=O)(CCC(=O)N1CCN(c2ccc(Cl)c(C)c2)CC1)CC(=O)NCCO. The summed E-state index contributed by atoms with van der Waals surface area (Å²) in [7, 11) is 1.39. The number of hydrogen-bond donors (Lipinski definition) is 4. The summed E-state index contributed by atoms with van der Waals surface area (Å²) in [6, 6.07) is 5.21. The number of urea groups is 1. The molecular formula is C22H32ClN5O5. The van der Waals surface area contributed by atoms with Crippen LogP contribution in [0.25, 0.3) is 0 Å². The van der Waals surface area contributed by atoms with Crippen LogP contribution in [0.2, 0.25) is 5.02 Å². The zero-order valence-electron chi connectivity index (χ0n) is 19.0. The molecule has 4 amide bonds. The van der Waals surface area contributed by atoms with E-state index in [1.165, 1.54) is 7.05 Å². The number of halogens is 1. The number of hydrogen-bond acceptors (Lipinski definition) is 6. The molecule has 33 heavy (non-hydrogen) atoms. The maximum absolute atomic E-state index is 12.8. The molecule has 1 fully saturated rings. The van der Waals surface area contributed by atoms with Crippen molar-refractivity contribution in [3.05, 3.63) is 28.8 Å². The lowest BCUT2D eigenvalue weighted by Crippen LogP contribution is -2.56. The summed E-state index contributed by atoms with van der Waals surface area (Å²) >= 11 is 6.10. The topological polar surface area (TPSA) is 131 Å². The average molecular weight is 482 g/mol. The van der Waals surface area contributed by atoms with E-state index in [4.69, 9.17) is 16.7 Å². The van der Waals surface area contributed by atoms with Crippen molar-refractivity contribution >= 4 is 41.4 Å². The zero-order chi connectivity index (χ0) is 24.4. The Morgan fingerprint density at radius 1 is 1.21 bits per heavy atom. The third-order valence-electron chi connectivity index (χ3n) is 5.65. The maximum atomic E-state index is 12.8. The lowest BCUT2D eigenvalue weighted by molar-refractivity contribution is -0.133. The molecule has 0 aromatic heterocycles. The van der Waals surface area contributed by atoms with Crippen molar-refractivity contribution < 1.29 is 24.3 Å². The molecule has 1 aromatic carbocycles. The van der Waals surface area contributed by atoms with Gasteiger partial charge in [0.05, 0.1) is 13.0 Å². The quantitative estimate of drug-likeness (QED) is 0.359. The van der Waals surface area contributed by atoms with Crippen LogP contribution in [0.1, 0.15) is 24.8 Å². The van der Waals surface area contributed by atoms with Crippen molar-refractivity contribution in [3.63, 3.8) is 0 Å². The number of aliphatic hydroxyl groups is 1. The summed E-state index contributed by atoms with van der Waals surface area (Å²) in [4.78, 5) is 52.7. The lowest BCUT2D eigenvalue weighted by Gasteiger charge is -2.37. The molecule has 0 radical (unpaired) electrons. The molecule has 182 valence electrons. The second-order valence-electron chi connectivity index (χ2n) is 8.03. The monoisotopic (exact) mass is 481 g/mol. The van der Waals surface area contributed by atoms with Crippen LogP contribution in [0.15, 0.2) is 18.2 Å². The largest absolute Gasteiger partial charge is 0.395 e. The van der Waals surface area contributed by atoms with Gasteiger partial charge in [0.2, 0.25) is 11.8 Å². The van der Waals surface area contributed by atoms with Crippen molar-refractivity contribution in [1.82, 2.24) is 20.9 Å². The number of carbonyl (C=O) groups is 4. The first-order valence-corrected chi connectivity index (χ1v) is 11.2. The van der Waals surface area contributed by atoms with Gasteiger partial charge in [0, 0.05) is 56.9 Å². The minimum Gasteiger partial charge on any atom is -0.395 e. The summed E-state index contributed by atoms with van der Waals surface area (Å²) in [6.45, 7) is 4.09. The molecular weight excluding hydrogens is 450 g/mol. The first kappa shape index (κ1) is 26.4. The van der Waals surface area contributed by atoms with Crippen molar-refractivity contribution in [2.75, 3.05) is 51.3 Å². The molecule has 0 saturated carbocycles. The van der Waals surface area contributed by atoms with E-state index >= 15 is 0 Å². The number of rotatable bonds is 10. The van der Waals surface area contributed by atoms with Gasteiger partial charge in [-0.15, -0.1) is 0 Å². The molecule has 11 heteroatoms. The van der Waals surface area contributed by atoms with Crippen LogP contribution in [0.3, 0.4) is 0 Å². The van der Waals surface area contributed by atoms with E-state index in [0.717, 1.165) is 11.3 Å². The normalized spacial score (nSPS) is 15.4. The number of piperazine rings is 1. The van der Waals surface area contributed by atoms with E-state index in [-0.39, 0.29) is 38.3 Å². The number of nitrogens with zero attached hydrogens (tertiary/aromatic N) is 2. The molecule has 10 nitrogen and oxygen atoms in total. The van der Waals surface area contributed by atoms with Crippen molar-refractivity contribution in [1.29, 1.82) is 0 Å². The molecule has 2 rings (SSSR count). The Hall–Kier alpha value is -2.85. The summed E-state index contributed by atoms with van der Waals surface area (Å²) in [5, 5.41) is 16.9. The Morgan fingerprint density at radius 3 is 2.48 bits per heavy atom. The van der Waals surface area contributed by atoms with Crippen LogP contribution >= 0.6 is 11.6 Å². The van der Waals surface area contributed by atoms with Gasteiger partial charge in [0.25, 0.3) is 0 Å². The fourth-order valence-corrected chi connectivity index (χ4v) is 3.80. The molecule has 1 atom stereocenters. The van der Waals surface area contributed by atoms with Gasteiger partial charge in [-0.05, 0) is 37.1 Å². The Kier molecular flexibility index (Phi) is 9.93. The average Bonchev–Trinajstić information content (AvgIpc) is 2.82. The van der Waals surface area contributed by atoms with Crippen LogP contribution in [0.5, 0.6) is 0 Å². The van der Waals surface area contributed by atoms with E-state index in [1.54, 1.807) is 4.90 Å². The number of anilines is 1. The smallest absolute Gasteiger partial charge is 0.315 e. The number of carbonyl (C=O) groups excluding carboxylic acids is 4. The van der Waals surface area contributed by atoms with Gasteiger partial charge in [0.15, 0.2) is 0 Å². The van der Waals surface area contributed by atoms with Crippen LogP contribution < -0.4 is 20.9 Å². The van der Waals surface area contributed by atoms with Crippen LogP contribution in [0, 0.1) is 6.92 Å². The molecule has 1 unspecified atom stereocenters. The predicted molar refractivity (Wildman–Crippen MR) is 125 cm³/mol. The molecule has 1 aromatic rings. The highest BCUT2D eigenvalue weighted by molar-refractivity contribution is 6.31. The van der Waals surface area contributed by atoms with E-state index in [1.807, 2.05) is 25.1 Å². The molecule has 4 N–H and O–H groups in total. The van der Waals surface area contributed by atoms with E-state index in [2.05, 4.69) is 20.9 Å². The summed E-state index contributed by atoms with van der Waals surface area (Å²) < 4.78 is 0. The second-order valence-corrected chi connectivity index (χ2v) is 8.44. The predicted octanol–water partition coefficient (Wildman–Crippen LogP) is 0.443. The molecule has 0 spiro atoms. The summed E-state index contributed by atoms with van der Waals surface area (Å²) in [6.07, 6.45) is 0.137. The Labute approximate surface area is 198 Å². The van der Waals surface area contributed by atoms with Crippen molar-refractivity contribution in [2.45, 2.75) is 31.7 Å². The number of aldehydes is 1. The van der Waals surface area contributed by atoms with Crippen LogP contribution in [0.4, 0.5) is 10.5 Å². The number of nitrogens with one attached hydrogen (secondary N) is 3. The molecule has 0 bridgehead atoms. The Bertz CT molecular complexity index is 860. The standard InChI is InChI=1S/C22H32ClN5O5/c1-16-13-17(3-4-18(16)23)27-8-10-28(11-9-27)20(32)5-6-22(15-30,26-21(33)24-2)14-19(31)25-7-12-29/h3-4,13,15,29H,5-12,14H2,1-2H3,(H,25,31)(H2,24,26,33). The highest BCUT2D eigenvalue weighted by Crippen LogP contribution is 2.24. The Morgan fingerprint density at radius 2 is 1.91 bits per heavy atom. The molecule has 1 saturated heterocycles. The van der Waals surface area contributed by atoms with Crippen LogP contribution in [-0.2, 0) is 14.4 Å². The van der Waals surface area contributed by atoms with Crippen molar-refractivity contribution in [2.24, 2.45) is 0 Å². The first-order valence-electron chi connectivity index (χ1n) is 10.9. The molecule has 0 aliphatic carbocycles. The molecule has 1 heterocycles. The van der Waals surface area contributed by atoms with Crippen molar-refractivity contribution in [3.8, 4) is 0 Å². The first-order chi connectivity index (χ1) is 15.7. The summed E-state index contributed by atoms with van der Waals surface area (Å²) in [5.41, 5.74) is 0.509. The van der Waals surface area contributed by atoms with Gasteiger partial charge in [-0.25, -0.2) is 4.79 Å². The van der Waals surface area contributed by atoms with Gasteiger partial charge in [-0.1, -0.05) is 11.6 Å². The fourth-order valence-electron chi connectivity index (χ4n) is 3.69. The van der Waals surface area contributed by atoms with E-state index in [9.17, 15) is 19.2 Å². The minimum absolute atomic E-state index is 0.00390. The lowest BCUT2D eigenvalue weighted by atomic mass is 9.90. The minimum atomic E-state index is -1.53. The number of amides is 4. The molecule has 1 aliphatic rings. The van der Waals surface area contributed by atoms with Gasteiger partial charge in [-0.2, -0.15) is 0 Å². The van der Waals surface area contributed by atoms with E-state index < -0.39 is 17.5 Å². The maximum Gasteiger partial charge on any atom is 0.315 e. The molecule has 1 aliphatic heterocycles. The number of aliphatic hydroxyl groups excluding tert-OH is 1. The third kappa shape index (κ3) is 7.61. The number of benzene rings is 1. The zero-order valence-corrected chi connectivity index (χ0v) is 19.8. The highest BCUT2D eigenvalue weighted by Gasteiger charge is 2.35. The van der Waals surface area contributed by atoms with Crippen LogP contribution in [-0.4, -0.2) is 86.1 Å². The fraction of sp³-hybridized carbons (Fsp3) is 0.545.